The van der Waals surface area contributed by atoms with Crippen LogP contribution in [0.5, 0.6) is 0 Å². The highest BCUT2D eigenvalue weighted by molar-refractivity contribution is 5.99. The highest BCUT2D eigenvalue weighted by Crippen LogP contribution is 2.32. The Hall–Kier alpha value is -5.76. The number of esters is 1. The van der Waals surface area contributed by atoms with Crippen molar-refractivity contribution in [1.29, 1.82) is 0 Å². The van der Waals surface area contributed by atoms with E-state index in [2.05, 4.69) is 36.6 Å². The maximum absolute atomic E-state index is 13.8. The minimum Gasteiger partial charge on any atom is -0.467 e. The summed E-state index contributed by atoms with van der Waals surface area (Å²) in [5.74, 6) is -1.17. The number of amides is 3. The van der Waals surface area contributed by atoms with Crippen LogP contribution < -0.4 is 21.7 Å². The lowest BCUT2D eigenvalue weighted by Crippen LogP contribution is -2.56. The van der Waals surface area contributed by atoms with E-state index in [9.17, 15) is 24.0 Å². The van der Waals surface area contributed by atoms with Crippen molar-refractivity contribution in [3.63, 3.8) is 0 Å². The van der Waals surface area contributed by atoms with Gasteiger partial charge in [-0.15, -0.1) is 10.2 Å². The van der Waals surface area contributed by atoms with Crippen LogP contribution in [0.3, 0.4) is 0 Å². The van der Waals surface area contributed by atoms with Crippen LogP contribution in [0.1, 0.15) is 66.4 Å². The van der Waals surface area contributed by atoms with Gasteiger partial charge in [0, 0.05) is 35.1 Å². The minimum absolute atomic E-state index is 0.0634. The predicted octanol–water partition coefficient (Wildman–Crippen LogP) is 3.91. The Bertz CT molecular complexity index is 1960. The summed E-state index contributed by atoms with van der Waals surface area (Å²) in [6.45, 7) is 2.55. The first kappa shape index (κ1) is 38.0. The number of aromatic amines is 1. The number of methoxy groups -OCH3 is 1. The van der Waals surface area contributed by atoms with Crippen molar-refractivity contribution in [2.24, 2.45) is 23.5 Å². The second-order valence-electron chi connectivity index (χ2n) is 14.2. The molecule has 282 valence electrons. The lowest BCUT2D eigenvalue weighted by molar-refractivity contribution is -0.146. The van der Waals surface area contributed by atoms with E-state index < -0.39 is 29.9 Å². The summed E-state index contributed by atoms with van der Waals surface area (Å²) in [5, 5.41) is 22.4. The lowest BCUT2D eigenvalue weighted by atomic mass is 9.77. The van der Waals surface area contributed by atoms with Gasteiger partial charge in [0.1, 0.15) is 17.9 Å². The van der Waals surface area contributed by atoms with Gasteiger partial charge < -0.3 is 26.4 Å². The number of H-pyrrole nitrogens is 1. The average molecular weight is 735 g/mol. The number of carbonyl (C=O) groups excluding carboxylic acids is 5. The molecule has 4 aromatic rings. The van der Waals surface area contributed by atoms with E-state index in [1.165, 1.54) is 7.11 Å². The number of ketones is 1. The monoisotopic (exact) mass is 734 g/mol. The largest absolute Gasteiger partial charge is 0.467 e. The van der Waals surface area contributed by atoms with E-state index in [1.807, 2.05) is 37.3 Å². The number of hydrogen-bond donors (Lipinski definition) is 5. The van der Waals surface area contributed by atoms with Crippen LogP contribution in [0.2, 0.25) is 0 Å². The molecule has 14 nitrogen and oxygen atoms in total. The molecule has 0 radical (unpaired) electrons. The number of nitrogens with zero attached hydrogens (tertiary/aromatic N) is 3. The number of nitrogens with two attached hydrogens (primary N) is 1. The second kappa shape index (κ2) is 17.4. The Labute approximate surface area is 313 Å². The number of Topliss-reactive ketones (excluding diaryl/α,β-unsaturated/α-hetero) is 1. The Kier molecular flexibility index (Phi) is 12.2. The van der Waals surface area contributed by atoms with Crippen molar-refractivity contribution in [2.75, 3.05) is 19.0 Å². The number of piperidine rings is 1. The zero-order valence-electron chi connectivity index (χ0n) is 30.5. The summed E-state index contributed by atoms with van der Waals surface area (Å²) in [6, 6.07) is 18.9. The summed E-state index contributed by atoms with van der Waals surface area (Å²) in [7, 11) is 1.27. The number of rotatable bonds is 13. The molecule has 54 heavy (non-hydrogen) atoms. The summed E-state index contributed by atoms with van der Waals surface area (Å²) in [5.41, 5.74) is 11.3. The van der Waals surface area contributed by atoms with Gasteiger partial charge >= 0.3 is 5.97 Å². The molecule has 1 aliphatic heterocycles. The zero-order valence-corrected chi connectivity index (χ0v) is 30.5. The Morgan fingerprint density at radius 3 is 2.28 bits per heavy atom. The standard InChI is InChI=1S/C40H46N8O6/c1-23-19-29(37(50)43-33-17-18-34(40(53)54-2)44-39(33)52)13-16-32(23)26-7-3-24(4-8-26)20-30(21-35(49)27-9-5-25(22-41)6-10-27)38(51)42-31-14-11-28(12-15-31)36-45-47-48-46-36/h3-4,7-8,11-16,19,25,27,30,33-34H,5-6,9-10,17-18,20-22,41H2,1-2H3,(H,42,51)(H,43,50)(H,44,52)(H,45,46,47,48)/t25?,27?,30-,33?,34?/m1/s1. The van der Waals surface area contributed by atoms with Crippen molar-refractivity contribution in [3.8, 4) is 22.5 Å². The number of ether oxygens (including phenoxy) is 1. The summed E-state index contributed by atoms with van der Waals surface area (Å²) in [4.78, 5) is 64.7. The van der Waals surface area contributed by atoms with E-state index in [1.54, 1.807) is 36.4 Å². The molecule has 1 saturated carbocycles. The van der Waals surface area contributed by atoms with Crippen molar-refractivity contribution >= 4 is 35.2 Å². The number of tetrazole rings is 1. The van der Waals surface area contributed by atoms with Gasteiger partial charge in [-0.05, 0) is 128 Å². The van der Waals surface area contributed by atoms with E-state index in [0.717, 1.165) is 53.5 Å². The molecule has 14 heteroatoms. The molecular weight excluding hydrogens is 688 g/mol. The number of hydrogen-bond acceptors (Lipinski definition) is 10. The fourth-order valence-corrected chi connectivity index (χ4v) is 7.36. The first-order valence-corrected chi connectivity index (χ1v) is 18.4. The highest BCUT2D eigenvalue weighted by atomic mass is 16.5. The summed E-state index contributed by atoms with van der Waals surface area (Å²) < 4.78 is 4.71. The molecule has 0 spiro atoms. The fraction of sp³-hybridized carbons (Fsp3) is 0.400. The molecule has 3 amide bonds. The van der Waals surface area contributed by atoms with Gasteiger partial charge in [0.2, 0.25) is 17.6 Å². The minimum atomic E-state index is -0.748. The van der Waals surface area contributed by atoms with Crippen molar-refractivity contribution < 1.29 is 28.7 Å². The van der Waals surface area contributed by atoms with Gasteiger partial charge in [0.05, 0.1) is 7.11 Å². The Morgan fingerprint density at radius 1 is 0.926 bits per heavy atom. The molecule has 1 aromatic heterocycles. The molecule has 1 saturated heterocycles. The fourth-order valence-electron chi connectivity index (χ4n) is 7.36. The number of aryl methyl sites for hydroxylation is 1. The SMILES string of the molecule is COC(=O)C1CCC(NC(=O)c2ccc(-c3ccc(C[C@H](CC(=O)C4CCC(CN)CC4)C(=O)Nc4ccc(-c5nn[nH]n5)cc4)cc3)c(C)c2)C(=O)N1. The number of aromatic nitrogens is 4. The topological polar surface area (TPSA) is 211 Å². The van der Waals surface area contributed by atoms with Crippen LogP contribution >= 0.6 is 0 Å². The van der Waals surface area contributed by atoms with Gasteiger partial charge in [0.15, 0.2) is 0 Å². The van der Waals surface area contributed by atoms with Gasteiger partial charge in [-0.3, -0.25) is 19.2 Å². The van der Waals surface area contributed by atoms with E-state index in [4.69, 9.17) is 10.5 Å². The van der Waals surface area contributed by atoms with Crippen LogP contribution in [-0.2, 0) is 30.3 Å². The molecule has 2 fully saturated rings. The van der Waals surface area contributed by atoms with Crippen LogP contribution in [0.25, 0.3) is 22.5 Å². The smallest absolute Gasteiger partial charge is 0.328 e. The number of carbonyl (C=O) groups is 5. The van der Waals surface area contributed by atoms with Crippen LogP contribution in [0, 0.1) is 24.7 Å². The molecule has 6 rings (SSSR count). The molecule has 0 bridgehead atoms. The van der Waals surface area contributed by atoms with Gasteiger partial charge in [-0.25, -0.2) is 4.79 Å². The second-order valence-corrected chi connectivity index (χ2v) is 14.2. The molecule has 3 aromatic carbocycles. The molecule has 6 N–H and O–H groups in total. The third-order valence-electron chi connectivity index (χ3n) is 10.6. The zero-order chi connectivity index (χ0) is 38.2. The van der Waals surface area contributed by atoms with E-state index in [-0.39, 0.29) is 29.9 Å². The third kappa shape index (κ3) is 9.23. The summed E-state index contributed by atoms with van der Waals surface area (Å²) in [6.07, 6.45) is 4.67. The number of nitrogens with one attached hydrogen (secondary N) is 4. The van der Waals surface area contributed by atoms with Crippen molar-refractivity contribution in [1.82, 2.24) is 31.3 Å². The first-order chi connectivity index (χ1) is 26.1. The molecule has 1 aliphatic carbocycles. The molecule has 2 aliphatic rings. The number of benzene rings is 3. The van der Waals surface area contributed by atoms with Gasteiger partial charge in [0.25, 0.3) is 5.91 Å². The molecule has 3 atom stereocenters. The highest BCUT2D eigenvalue weighted by Gasteiger charge is 2.34. The van der Waals surface area contributed by atoms with Crippen molar-refractivity contribution in [2.45, 2.75) is 70.4 Å². The molecule has 2 heterocycles. The Balaban J connectivity index is 1.11. The van der Waals surface area contributed by atoms with Crippen LogP contribution in [-0.4, -0.2) is 75.8 Å². The molecule has 2 unspecified atom stereocenters. The van der Waals surface area contributed by atoms with E-state index >= 15 is 0 Å². The maximum atomic E-state index is 13.8. The van der Waals surface area contributed by atoms with Gasteiger partial charge in [-0.1, -0.05) is 30.3 Å². The number of anilines is 1. The maximum Gasteiger partial charge on any atom is 0.328 e. The quantitative estimate of drug-likeness (QED) is 0.125. The summed E-state index contributed by atoms with van der Waals surface area (Å²) >= 11 is 0. The lowest BCUT2D eigenvalue weighted by Gasteiger charge is -2.28. The predicted molar refractivity (Wildman–Crippen MR) is 201 cm³/mol. The van der Waals surface area contributed by atoms with Crippen molar-refractivity contribution in [3.05, 3.63) is 83.4 Å². The third-order valence-corrected chi connectivity index (χ3v) is 10.6. The average Bonchev–Trinajstić information content (AvgIpc) is 3.74. The van der Waals surface area contributed by atoms with Crippen LogP contribution in [0.4, 0.5) is 5.69 Å². The van der Waals surface area contributed by atoms with E-state index in [0.29, 0.717) is 48.8 Å². The van der Waals surface area contributed by atoms with Crippen LogP contribution in [0.15, 0.2) is 66.7 Å². The molecular formula is C40H46N8O6. The first-order valence-electron chi connectivity index (χ1n) is 18.4. The normalized spacial score (nSPS) is 20.3. The Morgan fingerprint density at radius 2 is 1.65 bits per heavy atom. The van der Waals surface area contributed by atoms with Gasteiger partial charge in [-0.2, -0.15) is 5.21 Å².